The summed E-state index contributed by atoms with van der Waals surface area (Å²) in [5.41, 5.74) is 8.25. The van der Waals surface area contributed by atoms with Crippen LogP contribution in [0.25, 0.3) is 21.9 Å². The molecular weight excluding hydrogens is 222 g/mol. The molecule has 0 amide bonds. The molecule has 2 heteroatoms. The first-order valence-electron chi connectivity index (χ1n) is 5.99. The monoisotopic (exact) mass is 235 g/mol. The summed E-state index contributed by atoms with van der Waals surface area (Å²) >= 11 is 0. The highest BCUT2D eigenvalue weighted by molar-refractivity contribution is 6.05. The fourth-order valence-electron chi connectivity index (χ4n) is 2.04. The molecule has 1 aromatic heterocycles. The van der Waals surface area contributed by atoms with Crippen molar-refractivity contribution in [2.75, 3.05) is 6.54 Å². The van der Waals surface area contributed by atoms with Crippen molar-refractivity contribution in [2.45, 2.75) is 6.42 Å². The van der Waals surface area contributed by atoms with E-state index in [1.165, 1.54) is 0 Å². The summed E-state index contributed by atoms with van der Waals surface area (Å²) in [7, 11) is 0. The van der Waals surface area contributed by atoms with Crippen molar-refractivity contribution < 1.29 is 4.42 Å². The predicted octanol–water partition coefficient (Wildman–Crippen LogP) is 3.29. The van der Waals surface area contributed by atoms with Crippen LogP contribution >= 0.6 is 0 Å². The molecule has 3 aromatic rings. The lowest BCUT2D eigenvalue weighted by Crippen LogP contribution is -1.95. The third-order valence-corrected chi connectivity index (χ3v) is 2.88. The van der Waals surface area contributed by atoms with Gasteiger partial charge in [0.15, 0.2) is 0 Å². The van der Waals surface area contributed by atoms with Gasteiger partial charge in [-0.3, -0.25) is 0 Å². The summed E-state index contributed by atoms with van der Waals surface area (Å²) in [6.07, 6.45) is 0.726. The SMILES string of the molecule is NCCC#Cc1ccc2oc3ccccc3c2c1. The lowest BCUT2D eigenvalue weighted by Gasteiger charge is -1.91. The van der Waals surface area contributed by atoms with E-state index in [0.29, 0.717) is 6.54 Å². The molecule has 0 atom stereocenters. The Kier molecular flexibility index (Phi) is 2.76. The van der Waals surface area contributed by atoms with Gasteiger partial charge in [0.05, 0.1) is 0 Å². The van der Waals surface area contributed by atoms with E-state index < -0.39 is 0 Å². The van der Waals surface area contributed by atoms with Crippen LogP contribution in [0.15, 0.2) is 46.9 Å². The molecule has 0 spiro atoms. The molecule has 2 nitrogen and oxygen atoms in total. The number of nitrogens with two attached hydrogens (primary N) is 1. The Morgan fingerprint density at radius 3 is 2.72 bits per heavy atom. The minimum atomic E-state index is 0.601. The number of benzene rings is 2. The normalized spacial score (nSPS) is 10.5. The van der Waals surface area contributed by atoms with Crippen molar-refractivity contribution in [3.05, 3.63) is 48.0 Å². The Labute approximate surface area is 105 Å². The third-order valence-electron chi connectivity index (χ3n) is 2.88. The number of furan rings is 1. The van der Waals surface area contributed by atoms with Gasteiger partial charge in [-0.25, -0.2) is 0 Å². The Balaban J connectivity index is 2.16. The average molecular weight is 235 g/mol. The van der Waals surface area contributed by atoms with Crippen molar-refractivity contribution in [2.24, 2.45) is 5.73 Å². The van der Waals surface area contributed by atoms with Crippen LogP contribution in [0, 0.1) is 11.8 Å². The fraction of sp³-hybridized carbons (Fsp3) is 0.125. The molecule has 1 heterocycles. The standard InChI is InChI=1S/C16H13NO/c17-10-4-3-5-12-8-9-16-14(11-12)13-6-1-2-7-15(13)18-16/h1-2,6-9,11H,4,10,17H2. The van der Waals surface area contributed by atoms with Gasteiger partial charge in [0, 0.05) is 29.3 Å². The van der Waals surface area contributed by atoms with Crippen molar-refractivity contribution >= 4 is 21.9 Å². The molecule has 2 N–H and O–H groups in total. The van der Waals surface area contributed by atoms with Gasteiger partial charge in [-0.1, -0.05) is 30.0 Å². The first-order chi connectivity index (χ1) is 8.88. The number of para-hydroxylation sites is 1. The van der Waals surface area contributed by atoms with E-state index in [1.807, 2.05) is 30.3 Å². The second kappa shape index (κ2) is 4.56. The second-order valence-electron chi connectivity index (χ2n) is 4.15. The Morgan fingerprint density at radius 1 is 1.00 bits per heavy atom. The van der Waals surface area contributed by atoms with Crippen LogP contribution in [-0.2, 0) is 0 Å². The van der Waals surface area contributed by atoms with Gasteiger partial charge in [0.25, 0.3) is 0 Å². The smallest absolute Gasteiger partial charge is 0.135 e. The van der Waals surface area contributed by atoms with Gasteiger partial charge in [-0.2, -0.15) is 0 Å². The van der Waals surface area contributed by atoms with Gasteiger partial charge in [-0.05, 0) is 24.3 Å². The molecule has 0 aliphatic rings. The van der Waals surface area contributed by atoms with Crippen molar-refractivity contribution in [3.63, 3.8) is 0 Å². The summed E-state index contributed by atoms with van der Waals surface area (Å²) in [6, 6.07) is 14.1. The van der Waals surface area contributed by atoms with E-state index in [0.717, 1.165) is 33.9 Å². The largest absolute Gasteiger partial charge is 0.456 e. The topological polar surface area (TPSA) is 39.2 Å². The van der Waals surface area contributed by atoms with Crippen molar-refractivity contribution in [3.8, 4) is 11.8 Å². The van der Waals surface area contributed by atoms with Crippen LogP contribution in [-0.4, -0.2) is 6.54 Å². The molecule has 0 aliphatic carbocycles. The highest BCUT2D eigenvalue weighted by Crippen LogP contribution is 2.28. The van der Waals surface area contributed by atoms with Crippen LogP contribution < -0.4 is 5.73 Å². The Morgan fingerprint density at radius 2 is 1.83 bits per heavy atom. The summed E-state index contributed by atoms with van der Waals surface area (Å²) in [4.78, 5) is 0. The first-order valence-corrected chi connectivity index (χ1v) is 5.99. The highest BCUT2D eigenvalue weighted by Gasteiger charge is 2.05. The van der Waals surface area contributed by atoms with E-state index in [2.05, 4.69) is 24.0 Å². The first kappa shape index (κ1) is 10.9. The second-order valence-corrected chi connectivity index (χ2v) is 4.15. The minimum Gasteiger partial charge on any atom is -0.456 e. The lowest BCUT2D eigenvalue weighted by molar-refractivity contribution is 0.669. The maximum absolute atomic E-state index is 5.76. The number of hydrogen-bond acceptors (Lipinski definition) is 2. The van der Waals surface area contributed by atoms with Crippen LogP contribution in [0.1, 0.15) is 12.0 Å². The zero-order valence-electron chi connectivity index (χ0n) is 9.94. The van der Waals surface area contributed by atoms with Gasteiger partial charge in [-0.15, -0.1) is 0 Å². The molecule has 0 radical (unpaired) electrons. The molecule has 18 heavy (non-hydrogen) atoms. The average Bonchev–Trinajstić information content (AvgIpc) is 2.77. The molecule has 88 valence electrons. The molecule has 0 bridgehead atoms. The van der Waals surface area contributed by atoms with Gasteiger partial charge < -0.3 is 10.2 Å². The lowest BCUT2D eigenvalue weighted by atomic mass is 10.1. The molecule has 2 aromatic carbocycles. The number of hydrogen-bond donors (Lipinski definition) is 1. The van der Waals surface area contributed by atoms with Gasteiger partial charge in [0.2, 0.25) is 0 Å². The predicted molar refractivity (Wildman–Crippen MR) is 74.3 cm³/mol. The van der Waals surface area contributed by atoms with Crippen LogP contribution in [0.5, 0.6) is 0 Å². The van der Waals surface area contributed by atoms with E-state index in [-0.39, 0.29) is 0 Å². The molecule has 0 saturated heterocycles. The molecule has 3 rings (SSSR count). The van der Waals surface area contributed by atoms with Gasteiger partial charge in [0.1, 0.15) is 11.2 Å². The molecule has 0 aliphatic heterocycles. The van der Waals surface area contributed by atoms with E-state index >= 15 is 0 Å². The molecule has 0 fully saturated rings. The Bertz CT molecular complexity index is 759. The molecule has 0 saturated carbocycles. The van der Waals surface area contributed by atoms with Crippen LogP contribution in [0.3, 0.4) is 0 Å². The third kappa shape index (κ3) is 1.85. The number of fused-ring (bicyclic) bond motifs is 3. The summed E-state index contributed by atoms with van der Waals surface area (Å²) in [5, 5.41) is 2.25. The van der Waals surface area contributed by atoms with Gasteiger partial charge >= 0.3 is 0 Å². The maximum Gasteiger partial charge on any atom is 0.135 e. The van der Waals surface area contributed by atoms with E-state index in [1.54, 1.807) is 0 Å². The highest BCUT2D eigenvalue weighted by atomic mass is 16.3. The zero-order valence-corrected chi connectivity index (χ0v) is 9.94. The van der Waals surface area contributed by atoms with Crippen LogP contribution in [0.2, 0.25) is 0 Å². The quantitative estimate of drug-likeness (QED) is 0.657. The Hall–Kier alpha value is -2.24. The summed E-state index contributed by atoms with van der Waals surface area (Å²) in [6.45, 7) is 0.601. The number of rotatable bonds is 1. The maximum atomic E-state index is 5.76. The van der Waals surface area contributed by atoms with E-state index in [4.69, 9.17) is 10.2 Å². The molecule has 0 unspecified atom stereocenters. The zero-order chi connectivity index (χ0) is 12.4. The van der Waals surface area contributed by atoms with Crippen LogP contribution in [0.4, 0.5) is 0 Å². The fourth-order valence-corrected chi connectivity index (χ4v) is 2.04. The molecular formula is C16H13NO. The minimum absolute atomic E-state index is 0.601. The van der Waals surface area contributed by atoms with E-state index in [9.17, 15) is 0 Å². The summed E-state index contributed by atoms with van der Waals surface area (Å²) < 4.78 is 5.76. The van der Waals surface area contributed by atoms with Crippen molar-refractivity contribution in [1.82, 2.24) is 0 Å². The summed E-state index contributed by atoms with van der Waals surface area (Å²) in [5.74, 6) is 6.17. The van der Waals surface area contributed by atoms with Crippen molar-refractivity contribution in [1.29, 1.82) is 0 Å².